The van der Waals surface area contributed by atoms with Crippen LogP contribution in [-0.2, 0) is 24.3 Å². The summed E-state index contributed by atoms with van der Waals surface area (Å²) in [5, 5.41) is 10.7. The van der Waals surface area contributed by atoms with Gasteiger partial charge in [0.2, 0.25) is 27.9 Å². The number of nitrogens with zero attached hydrogens (tertiary/aromatic N) is 3. The van der Waals surface area contributed by atoms with Gasteiger partial charge in [-0.25, -0.2) is 8.42 Å². The van der Waals surface area contributed by atoms with Crippen molar-refractivity contribution in [3.05, 3.63) is 18.2 Å². The lowest BCUT2D eigenvalue weighted by atomic mass is 10.2. The Morgan fingerprint density at radius 1 is 1.29 bits per heavy atom. The molecule has 2 aromatic rings. The number of amides is 1. The first-order valence-electron chi connectivity index (χ1n) is 8.96. The van der Waals surface area contributed by atoms with Crippen LogP contribution >= 0.6 is 23.1 Å². The summed E-state index contributed by atoms with van der Waals surface area (Å²) in [4.78, 5) is 23.4. The molecule has 0 atom stereocenters. The molecule has 11 nitrogen and oxygen atoms in total. The average molecular weight is 489 g/mol. The maximum atomic E-state index is 12.2. The van der Waals surface area contributed by atoms with E-state index < -0.39 is 10.0 Å². The Labute approximate surface area is 187 Å². The van der Waals surface area contributed by atoms with Gasteiger partial charge in [-0.05, 0) is 18.6 Å². The van der Waals surface area contributed by atoms with Crippen LogP contribution in [-0.4, -0.2) is 62.9 Å². The van der Waals surface area contributed by atoms with Crippen molar-refractivity contribution in [2.24, 2.45) is 0 Å². The zero-order valence-electron chi connectivity index (χ0n) is 16.7. The molecular weight excluding hydrogens is 468 g/mol. The summed E-state index contributed by atoms with van der Waals surface area (Å²) in [5.74, 6) is 0.419. The summed E-state index contributed by atoms with van der Waals surface area (Å²) in [6, 6.07) is 4.87. The Hall–Kier alpha value is -2.58. The molecule has 3 rings (SSSR count). The van der Waals surface area contributed by atoms with Crippen LogP contribution in [0, 0.1) is 0 Å². The number of ether oxygens (including phenoxy) is 3. The minimum absolute atomic E-state index is 0.0841. The fourth-order valence-electron chi connectivity index (χ4n) is 2.59. The van der Waals surface area contributed by atoms with E-state index in [0.717, 1.165) is 29.4 Å². The van der Waals surface area contributed by atoms with Crippen LogP contribution in [0.1, 0.15) is 12.8 Å². The molecule has 0 saturated carbocycles. The van der Waals surface area contributed by atoms with Crippen LogP contribution in [0.5, 0.6) is 11.5 Å². The molecular formula is C17H20N4O7S3. The van der Waals surface area contributed by atoms with E-state index >= 15 is 0 Å². The predicted octanol–water partition coefficient (Wildman–Crippen LogP) is 1.72. The number of nitrogens with one attached hydrogen (secondary N) is 1. The quantitative estimate of drug-likeness (QED) is 0.299. The van der Waals surface area contributed by atoms with Crippen LogP contribution in [0.4, 0.5) is 10.8 Å². The van der Waals surface area contributed by atoms with Crippen molar-refractivity contribution in [2.45, 2.75) is 17.2 Å². The highest BCUT2D eigenvalue weighted by molar-refractivity contribution is 8.01. The fraction of sp³-hybridized carbons (Fsp3) is 0.412. The predicted molar refractivity (Wildman–Crippen MR) is 115 cm³/mol. The van der Waals surface area contributed by atoms with E-state index in [2.05, 4.69) is 20.3 Å². The Balaban J connectivity index is 1.52. The molecule has 2 heterocycles. The standard InChI is InChI=1S/C17H20N4O7S3/c1-26-15(23)9-29-17-20-19-16(30-17)18-14(22)4-3-7-21(31(2,24)25)11-5-6-12-13(8-11)28-10-27-12/h5-6,8H,3-4,7,9-10H2,1-2H3,(H,18,19,22). The smallest absolute Gasteiger partial charge is 0.316 e. The third kappa shape index (κ3) is 6.45. The molecule has 0 unspecified atom stereocenters. The summed E-state index contributed by atoms with van der Waals surface area (Å²) in [5.41, 5.74) is 0.434. The molecule has 0 aliphatic carbocycles. The maximum absolute atomic E-state index is 12.2. The minimum Gasteiger partial charge on any atom is -0.468 e. The summed E-state index contributed by atoms with van der Waals surface area (Å²) in [7, 11) is -2.26. The van der Waals surface area contributed by atoms with Crippen molar-refractivity contribution >= 4 is 55.8 Å². The number of benzene rings is 1. The second-order valence-electron chi connectivity index (χ2n) is 6.26. The van der Waals surface area contributed by atoms with Crippen LogP contribution in [0.15, 0.2) is 22.5 Å². The zero-order chi connectivity index (χ0) is 22.4. The number of methoxy groups -OCH3 is 1. The van der Waals surface area contributed by atoms with Gasteiger partial charge >= 0.3 is 5.97 Å². The van der Waals surface area contributed by atoms with Gasteiger partial charge in [0.1, 0.15) is 0 Å². The van der Waals surface area contributed by atoms with Crippen LogP contribution in [0.3, 0.4) is 0 Å². The molecule has 1 aliphatic rings. The lowest BCUT2D eigenvalue weighted by Gasteiger charge is -2.22. The number of hydrogen-bond acceptors (Lipinski definition) is 11. The Bertz CT molecular complexity index is 1060. The number of esters is 1. The first-order valence-corrected chi connectivity index (χ1v) is 12.6. The molecule has 0 saturated heterocycles. The van der Waals surface area contributed by atoms with Crippen LogP contribution in [0.2, 0.25) is 0 Å². The summed E-state index contributed by atoms with van der Waals surface area (Å²) >= 11 is 2.29. The Kier molecular flexibility index (Phi) is 7.56. The van der Waals surface area contributed by atoms with Crippen molar-refractivity contribution < 1.29 is 32.2 Å². The number of sulfonamides is 1. The summed E-state index contributed by atoms with van der Waals surface area (Å²) < 4.78 is 41.3. The number of fused-ring (bicyclic) bond motifs is 1. The van der Waals surface area contributed by atoms with Crippen molar-refractivity contribution in [3.8, 4) is 11.5 Å². The van der Waals surface area contributed by atoms with Gasteiger partial charge < -0.3 is 19.5 Å². The first kappa shape index (κ1) is 23.1. The third-order valence-electron chi connectivity index (χ3n) is 4.00. The van der Waals surface area contributed by atoms with Gasteiger partial charge in [-0.2, -0.15) is 0 Å². The molecule has 14 heteroatoms. The van der Waals surface area contributed by atoms with E-state index in [-0.39, 0.29) is 43.8 Å². The van der Waals surface area contributed by atoms with Crippen molar-refractivity contribution in [3.63, 3.8) is 0 Å². The maximum Gasteiger partial charge on any atom is 0.316 e. The van der Waals surface area contributed by atoms with E-state index in [0.29, 0.717) is 26.7 Å². The number of carbonyl (C=O) groups excluding carboxylic acids is 2. The van der Waals surface area contributed by atoms with Crippen molar-refractivity contribution in [1.82, 2.24) is 10.2 Å². The molecule has 1 amide bonds. The molecule has 1 aromatic heterocycles. The van der Waals surface area contributed by atoms with E-state index in [1.54, 1.807) is 18.2 Å². The van der Waals surface area contributed by atoms with E-state index in [1.807, 2.05) is 0 Å². The van der Waals surface area contributed by atoms with Gasteiger partial charge in [0.25, 0.3) is 0 Å². The number of thioether (sulfide) groups is 1. The second-order valence-corrected chi connectivity index (χ2v) is 10.4. The SMILES string of the molecule is COC(=O)CSc1nnc(NC(=O)CCCN(c2ccc3c(c2)OCO3)S(C)(=O)=O)s1. The first-order chi connectivity index (χ1) is 14.8. The number of aromatic nitrogens is 2. The van der Waals surface area contributed by atoms with E-state index in [1.165, 1.54) is 11.4 Å². The molecule has 1 aromatic carbocycles. The van der Waals surface area contributed by atoms with Gasteiger partial charge in [0, 0.05) is 19.0 Å². The van der Waals surface area contributed by atoms with Gasteiger partial charge in [-0.1, -0.05) is 23.1 Å². The molecule has 1 aliphatic heterocycles. The molecule has 0 fully saturated rings. The Morgan fingerprint density at radius 3 is 2.81 bits per heavy atom. The molecule has 0 spiro atoms. The lowest BCUT2D eigenvalue weighted by molar-refractivity contribution is -0.137. The van der Waals surface area contributed by atoms with E-state index in [9.17, 15) is 18.0 Å². The second kappa shape index (κ2) is 10.2. The van der Waals surface area contributed by atoms with Crippen LogP contribution < -0.4 is 19.1 Å². The number of rotatable bonds is 10. The largest absolute Gasteiger partial charge is 0.468 e. The average Bonchev–Trinajstić information content (AvgIpc) is 3.37. The van der Waals surface area contributed by atoms with Crippen molar-refractivity contribution in [2.75, 3.05) is 42.1 Å². The van der Waals surface area contributed by atoms with Gasteiger partial charge in [0.05, 0.1) is 24.8 Å². The minimum atomic E-state index is -3.56. The van der Waals surface area contributed by atoms with Crippen LogP contribution in [0.25, 0.3) is 0 Å². The number of hydrogen-bond donors (Lipinski definition) is 1. The van der Waals surface area contributed by atoms with Gasteiger partial charge in [-0.3, -0.25) is 13.9 Å². The number of carbonyl (C=O) groups is 2. The topological polar surface area (TPSA) is 137 Å². The van der Waals surface area contributed by atoms with Gasteiger partial charge in [-0.15, -0.1) is 10.2 Å². The van der Waals surface area contributed by atoms with Crippen molar-refractivity contribution in [1.29, 1.82) is 0 Å². The summed E-state index contributed by atoms with van der Waals surface area (Å²) in [6.07, 6.45) is 1.48. The molecule has 1 N–H and O–H groups in total. The van der Waals surface area contributed by atoms with Gasteiger partial charge in [0.15, 0.2) is 15.8 Å². The third-order valence-corrected chi connectivity index (χ3v) is 7.14. The highest BCUT2D eigenvalue weighted by Crippen LogP contribution is 2.36. The van der Waals surface area contributed by atoms with E-state index in [4.69, 9.17) is 9.47 Å². The fourth-order valence-corrected chi connectivity index (χ4v) is 5.15. The lowest BCUT2D eigenvalue weighted by Crippen LogP contribution is -2.31. The monoisotopic (exact) mass is 488 g/mol. The highest BCUT2D eigenvalue weighted by atomic mass is 32.2. The normalized spacial score (nSPS) is 12.5. The zero-order valence-corrected chi connectivity index (χ0v) is 19.1. The molecule has 168 valence electrons. The Morgan fingerprint density at radius 2 is 2.06 bits per heavy atom. The molecule has 0 bridgehead atoms. The summed E-state index contributed by atoms with van der Waals surface area (Å²) in [6.45, 7) is 0.203. The molecule has 0 radical (unpaired) electrons. The number of anilines is 2. The molecule has 31 heavy (non-hydrogen) atoms. The highest BCUT2D eigenvalue weighted by Gasteiger charge is 2.21.